The molecule has 0 aliphatic carbocycles. The number of ether oxygens (including phenoxy) is 1. The van der Waals surface area contributed by atoms with Crippen LogP contribution in [0.15, 0.2) is 40.8 Å². The summed E-state index contributed by atoms with van der Waals surface area (Å²) in [5.41, 5.74) is 5.83. The molecule has 16 heteroatoms. The minimum atomic E-state index is -5.08. The fourth-order valence-electron chi connectivity index (χ4n) is 2.54. The second-order valence-corrected chi connectivity index (χ2v) is 7.50. The van der Waals surface area contributed by atoms with Gasteiger partial charge in [-0.2, -0.15) is 13.2 Å². The number of carboxylic acid groups (broad SMARTS) is 3. The quantitative estimate of drug-likeness (QED) is 0.109. The van der Waals surface area contributed by atoms with Gasteiger partial charge in [0.05, 0.1) is 6.42 Å². The maximum absolute atomic E-state index is 12.2. The predicted octanol–water partition coefficient (Wildman–Crippen LogP) is 1.64. The van der Waals surface area contributed by atoms with Crippen LogP contribution in [0.2, 0.25) is 0 Å². The summed E-state index contributed by atoms with van der Waals surface area (Å²) in [5, 5.41) is 34.4. The van der Waals surface area contributed by atoms with E-state index >= 15 is 0 Å². The summed E-state index contributed by atoms with van der Waals surface area (Å²) in [6.07, 6.45) is -5.79. The Morgan fingerprint density at radius 1 is 1.05 bits per heavy atom. The van der Waals surface area contributed by atoms with Crippen molar-refractivity contribution in [1.82, 2.24) is 5.32 Å². The van der Waals surface area contributed by atoms with Crippen molar-refractivity contribution in [2.75, 3.05) is 0 Å². The van der Waals surface area contributed by atoms with Crippen molar-refractivity contribution < 1.29 is 61.6 Å². The molecule has 2 aromatic rings. The molecule has 13 nitrogen and oxygen atoms in total. The second kappa shape index (κ2) is 13.4. The molecule has 1 amide bonds. The number of amidine groups is 1. The molecule has 0 saturated heterocycles. The number of amides is 1. The summed E-state index contributed by atoms with van der Waals surface area (Å²) in [6, 6.07) is 7.29. The number of esters is 1. The Hall–Kier alpha value is -4.89. The van der Waals surface area contributed by atoms with Crippen LogP contribution in [0.4, 0.5) is 13.2 Å². The number of carbonyl (C=O) groups is 5. The van der Waals surface area contributed by atoms with Crippen LogP contribution in [0.5, 0.6) is 5.75 Å². The molecule has 0 bridgehead atoms. The number of alkyl halides is 3. The molecule has 38 heavy (non-hydrogen) atoms. The van der Waals surface area contributed by atoms with Crippen LogP contribution in [0.3, 0.4) is 0 Å². The fourth-order valence-corrected chi connectivity index (χ4v) is 2.54. The lowest BCUT2D eigenvalue weighted by atomic mass is 10.0. The third-order valence-electron chi connectivity index (χ3n) is 4.43. The fraction of sp³-hybridized carbons (Fsp3) is 0.273. The first-order valence-electron chi connectivity index (χ1n) is 10.3. The van der Waals surface area contributed by atoms with E-state index < -0.39 is 54.3 Å². The van der Waals surface area contributed by atoms with Crippen LogP contribution < -0.4 is 15.8 Å². The van der Waals surface area contributed by atoms with E-state index in [0.29, 0.717) is 5.56 Å². The topological polar surface area (TPSA) is 230 Å². The molecule has 0 aliphatic heterocycles. The van der Waals surface area contributed by atoms with Gasteiger partial charge in [0.1, 0.15) is 23.4 Å². The largest absolute Gasteiger partial charge is 0.490 e. The van der Waals surface area contributed by atoms with Crippen LogP contribution in [-0.4, -0.2) is 63.2 Å². The van der Waals surface area contributed by atoms with Crippen LogP contribution in [0.25, 0.3) is 0 Å². The molecule has 1 unspecified atom stereocenters. The Balaban J connectivity index is 0.000000905. The van der Waals surface area contributed by atoms with Crippen molar-refractivity contribution >= 4 is 35.6 Å². The number of hydrogen-bond acceptors (Lipinski definition) is 8. The van der Waals surface area contributed by atoms with Gasteiger partial charge in [0.15, 0.2) is 0 Å². The lowest BCUT2D eigenvalue weighted by Crippen LogP contribution is -2.44. The number of carboxylic acids is 3. The van der Waals surface area contributed by atoms with Gasteiger partial charge in [0.25, 0.3) is 0 Å². The van der Waals surface area contributed by atoms with E-state index in [1.54, 1.807) is 0 Å². The zero-order chi connectivity index (χ0) is 29.2. The number of nitrogen functional groups attached to an aromatic ring is 1. The van der Waals surface area contributed by atoms with E-state index in [1.807, 2.05) is 0 Å². The van der Waals surface area contributed by atoms with Gasteiger partial charge >= 0.3 is 30.1 Å². The van der Waals surface area contributed by atoms with E-state index in [4.69, 9.17) is 40.4 Å². The Morgan fingerprint density at radius 2 is 1.61 bits per heavy atom. The highest BCUT2D eigenvalue weighted by Gasteiger charge is 2.38. The van der Waals surface area contributed by atoms with Crippen molar-refractivity contribution in [2.24, 2.45) is 11.7 Å². The number of benzene rings is 1. The highest BCUT2D eigenvalue weighted by Crippen LogP contribution is 2.18. The summed E-state index contributed by atoms with van der Waals surface area (Å²) in [7, 11) is 0. The number of nitrogens with two attached hydrogens (primary N) is 1. The van der Waals surface area contributed by atoms with Gasteiger partial charge in [-0.1, -0.05) is 6.92 Å². The van der Waals surface area contributed by atoms with Crippen molar-refractivity contribution in [1.29, 1.82) is 5.41 Å². The Labute approximate surface area is 211 Å². The minimum absolute atomic E-state index is 0.0475. The highest BCUT2D eigenvalue weighted by atomic mass is 19.4. The minimum Gasteiger partial charge on any atom is -0.481 e. The van der Waals surface area contributed by atoms with E-state index in [9.17, 15) is 32.3 Å². The number of carbonyl (C=O) groups excluding carboxylic acids is 2. The van der Waals surface area contributed by atoms with Gasteiger partial charge < -0.3 is 35.5 Å². The number of halogens is 3. The molecule has 0 radical (unpaired) electrons. The average molecular weight is 545 g/mol. The number of nitrogens with one attached hydrogen (secondary N) is 2. The summed E-state index contributed by atoms with van der Waals surface area (Å²) in [4.78, 5) is 55.1. The molecule has 7 N–H and O–H groups in total. The van der Waals surface area contributed by atoms with Crippen molar-refractivity contribution in [3.05, 3.63) is 53.5 Å². The predicted molar refractivity (Wildman–Crippen MR) is 120 cm³/mol. The average Bonchev–Trinajstić information content (AvgIpc) is 3.27. The van der Waals surface area contributed by atoms with Gasteiger partial charge in [-0.05, 0) is 36.4 Å². The monoisotopic (exact) mass is 545 g/mol. The van der Waals surface area contributed by atoms with Gasteiger partial charge in [0.2, 0.25) is 11.7 Å². The highest BCUT2D eigenvalue weighted by molar-refractivity contribution is 5.95. The molecular weight excluding hydrogens is 523 g/mol. The third kappa shape index (κ3) is 10.4. The molecule has 0 spiro atoms. The molecule has 1 heterocycles. The molecule has 0 fully saturated rings. The first-order valence-corrected chi connectivity index (χ1v) is 10.3. The first kappa shape index (κ1) is 31.1. The summed E-state index contributed by atoms with van der Waals surface area (Å²) >= 11 is 0. The van der Waals surface area contributed by atoms with E-state index in [2.05, 4.69) is 5.32 Å². The van der Waals surface area contributed by atoms with Gasteiger partial charge in [-0.15, -0.1) is 0 Å². The van der Waals surface area contributed by atoms with Crippen molar-refractivity contribution in [3.8, 4) is 5.75 Å². The summed E-state index contributed by atoms with van der Waals surface area (Å²) in [6.45, 7) is 1.51. The summed E-state index contributed by atoms with van der Waals surface area (Å²) < 4.78 is 42.3. The van der Waals surface area contributed by atoms with E-state index in [-0.39, 0.29) is 29.5 Å². The van der Waals surface area contributed by atoms with Gasteiger partial charge in [0, 0.05) is 17.9 Å². The number of rotatable bonds is 10. The smallest absolute Gasteiger partial charge is 0.481 e. The molecule has 1 aromatic heterocycles. The van der Waals surface area contributed by atoms with Crippen LogP contribution >= 0.6 is 0 Å². The van der Waals surface area contributed by atoms with Crippen molar-refractivity contribution in [2.45, 2.75) is 32.0 Å². The number of furan rings is 1. The molecule has 2 atom stereocenters. The van der Waals surface area contributed by atoms with Gasteiger partial charge in [-0.25, -0.2) is 14.4 Å². The molecule has 206 valence electrons. The van der Waals surface area contributed by atoms with E-state index in [1.165, 1.54) is 43.3 Å². The molecule has 2 rings (SSSR count). The van der Waals surface area contributed by atoms with Crippen molar-refractivity contribution in [3.63, 3.8) is 0 Å². The van der Waals surface area contributed by atoms with E-state index in [0.717, 1.165) is 0 Å². The lowest BCUT2D eigenvalue weighted by Gasteiger charge is -2.15. The Bertz CT molecular complexity index is 1190. The number of aliphatic carboxylic acids is 3. The SMILES string of the molecule is CC(Cc1ccc(C(=O)Oc2ccc(C(=N)N)cc2)o1)C(=O)N[C@H](CC(=O)O)C(=O)O.O=C(O)C(F)(F)F. The molecule has 0 aliphatic rings. The first-order chi connectivity index (χ1) is 17.5. The number of hydrogen-bond donors (Lipinski definition) is 6. The molecule has 0 saturated carbocycles. The van der Waals surface area contributed by atoms with Crippen LogP contribution in [-0.2, 0) is 25.6 Å². The lowest BCUT2D eigenvalue weighted by molar-refractivity contribution is -0.192. The third-order valence-corrected chi connectivity index (χ3v) is 4.43. The van der Waals surface area contributed by atoms with Crippen LogP contribution in [0.1, 0.15) is 35.2 Å². The maximum atomic E-state index is 12.2. The Morgan fingerprint density at radius 3 is 2.05 bits per heavy atom. The second-order valence-electron chi connectivity index (χ2n) is 7.50. The molecular formula is C22H22F3N3O10. The maximum Gasteiger partial charge on any atom is 0.490 e. The van der Waals surface area contributed by atoms with Crippen LogP contribution in [0, 0.1) is 11.3 Å². The molecule has 1 aromatic carbocycles. The Kier molecular flexibility index (Phi) is 11.0. The summed E-state index contributed by atoms with van der Waals surface area (Å²) in [5.74, 6) is -7.47. The van der Waals surface area contributed by atoms with Gasteiger partial charge in [-0.3, -0.25) is 15.0 Å². The zero-order valence-corrected chi connectivity index (χ0v) is 19.4. The zero-order valence-electron chi connectivity index (χ0n) is 19.4. The standard InChI is InChI=1S/C20H21N3O8.C2HF3O2/c1-10(18(26)23-14(19(27)28)9-16(24)25)8-13-6-7-15(30-13)20(29)31-12-4-2-11(3-5-12)17(21)22;3-2(4,5)1(6)7/h2-7,10,14H,8-9H2,1H3,(H3,21,22)(H,23,26)(H,24,25)(H,27,28);(H,6,7)/t10?,14-;/m1./s1. The normalized spacial score (nSPS) is 12.2.